The van der Waals surface area contributed by atoms with E-state index < -0.39 is 5.91 Å². The van der Waals surface area contributed by atoms with Crippen LogP contribution in [0.5, 0.6) is 0 Å². The van der Waals surface area contributed by atoms with Gasteiger partial charge in [-0.05, 0) is 18.2 Å². The molecule has 0 unspecified atom stereocenters. The summed E-state index contributed by atoms with van der Waals surface area (Å²) in [6.45, 7) is 0. The Morgan fingerprint density at radius 2 is 1.81 bits per heavy atom. The molecule has 0 aliphatic carbocycles. The highest BCUT2D eigenvalue weighted by Gasteiger charge is 2.16. The van der Waals surface area contributed by atoms with Crippen molar-refractivity contribution < 1.29 is 14.1 Å². The molecule has 0 spiro atoms. The van der Waals surface area contributed by atoms with Crippen LogP contribution in [0.3, 0.4) is 0 Å². The Bertz CT molecular complexity index is 952. The van der Waals surface area contributed by atoms with Crippen LogP contribution < -0.4 is 5.32 Å². The van der Waals surface area contributed by atoms with Gasteiger partial charge < -0.3 is 14.7 Å². The van der Waals surface area contributed by atoms with Crippen LogP contribution in [-0.2, 0) is 0 Å². The molecule has 3 aromatic rings. The van der Waals surface area contributed by atoms with Crippen molar-refractivity contribution in [2.24, 2.45) is 0 Å². The summed E-state index contributed by atoms with van der Waals surface area (Å²) in [4.78, 5) is 25.8. The van der Waals surface area contributed by atoms with Gasteiger partial charge in [0.1, 0.15) is 0 Å². The Kier molecular flexibility index (Phi) is 5.04. The van der Waals surface area contributed by atoms with E-state index in [-0.39, 0.29) is 16.6 Å². The van der Waals surface area contributed by atoms with E-state index in [1.807, 2.05) is 30.3 Å². The molecular weight excluding hydrogens is 354 g/mol. The maximum absolute atomic E-state index is 12.3. The number of aromatic nitrogens is 1. The van der Waals surface area contributed by atoms with Gasteiger partial charge in [-0.3, -0.25) is 9.59 Å². The number of carbonyl (C=O) groups is 2. The predicted molar refractivity (Wildman–Crippen MR) is 99.4 cm³/mol. The third-order valence-corrected chi connectivity index (χ3v) is 3.98. The summed E-state index contributed by atoms with van der Waals surface area (Å²) in [5, 5.41) is 6.74. The molecule has 0 saturated heterocycles. The summed E-state index contributed by atoms with van der Waals surface area (Å²) in [6.07, 6.45) is 0. The third-order valence-electron chi connectivity index (χ3n) is 3.66. The van der Waals surface area contributed by atoms with E-state index in [4.69, 9.17) is 16.1 Å². The third kappa shape index (κ3) is 3.75. The summed E-state index contributed by atoms with van der Waals surface area (Å²) >= 11 is 6.15. The van der Waals surface area contributed by atoms with Crippen molar-refractivity contribution in [2.45, 2.75) is 0 Å². The molecule has 6 nitrogen and oxygen atoms in total. The highest BCUT2D eigenvalue weighted by atomic mass is 35.5. The molecule has 1 N–H and O–H groups in total. The highest BCUT2D eigenvalue weighted by Crippen LogP contribution is 2.23. The first-order valence-electron chi connectivity index (χ1n) is 7.80. The fourth-order valence-corrected chi connectivity index (χ4v) is 2.58. The number of carbonyl (C=O) groups excluding carboxylic acids is 2. The molecular formula is C19H16ClN3O3. The van der Waals surface area contributed by atoms with Gasteiger partial charge in [-0.2, -0.15) is 0 Å². The van der Waals surface area contributed by atoms with E-state index in [9.17, 15) is 9.59 Å². The molecule has 3 rings (SSSR count). The largest absolute Gasteiger partial charge is 0.355 e. The van der Waals surface area contributed by atoms with Crippen molar-refractivity contribution in [1.29, 1.82) is 0 Å². The molecule has 1 aromatic heterocycles. The van der Waals surface area contributed by atoms with Gasteiger partial charge in [0.2, 0.25) is 0 Å². The van der Waals surface area contributed by atoms with Gasteiger partial charge in [0.15, 0.2) is 11.5 Å². The SMILES string of the molecule is CN(C)C(=O)c1ccc(NC(=O)c2cc(-c3ccccc3)on2)cc1Cl. The molecule has 132 valence electrons. The van der Waals surface area contributed by atoms with Crippen molar-refractivity contribution in [3.63, 3.8) is 0 Å². The average Bonchev–Trinajstić information content (AvgIpc) is 3.12. The van der Waals surface area contributed by atoms with Crippen molar-refractivity contribution in [1.82, 2.24) is 10.1 Å². The van der Waals surface area contributed by atoms with Crippen LogP contribution >= 0.6 is 11.6 Å². The normalized spacial score (nSPS) is 10.4. The molecule has 0 saturated carbocycles. The van der Waals surface area contributed by atoms with E-state index in [2.05, 4.69) is 10.5 Å². The molecule has 1 heterocycles. The summed E-state index contributed by atoms with van der Waals surface area (Å²) in [7, 11) is 3.28. The quantitative estimate of drug-likeness (QED) is 0.755. The summed E-state index contributed by atoms with van der Waals surface area (Å²) in [5.74, 6) is -0.142. The smallest absolute Gasteiger partial charge is 0.277 e. The standard InChI is InChI=1S/C19H16ClN3O3/c1-23(2)19(25)14-9-8-13(10-15(14)20)21-18(24)16-11-17(26-22-16)12-6-4-3-5-7-12/h3-11H,1-2H3,(H,21,24). The minimum absolute atomic E-state index is 0.147. The Balaban J connectivity index is 1.75. The fraction of sp³-hybridized carbons (Fsp3) is 0.105. The number of anilines is 1. The lowest BCUT2D eigenvalue weighted by Gasteiger charge is -2.12. The minimum atomic E-state index is -0.432. The molecule has 0 fully saturated rings. The monoisotopic (exact) mass is 369 g/mol. The molecule has 2 aromatic carbocycles. The zero-order chi connectivity index (χ0) is 18.7. The number of nitrogens with zero attached hydrogens (tertiary/aromatic N) is 2. The first kappa shape index (κ1) is 17.7. The Hall–Kier alpha value is -3.12. The maximum atomic E-state index is 12.3. The van der Waals surface area contributed by atoms with Gasteiger partial charge in [-0.15, -0.1) is 0 Å². The number of benzene rings is 2. The van der Waals surface area contributed by atoms with Gasteiger partial charge >= 0.3 is 0 Å². The fourth-order valence-electron chi connectivity index (χ4n) is 2.32. The Morgan fingerprint density at radius 1 is 1.08 bits per heavy atom. The van der Waals surface area contributed by atoms with Gasteiger partial charge in [-0.1, -0.05) is 47.1 Å². The molecule has 0 bridgehead atoms. The molecule has 0 aliphatic heterocycles. The van der Waals surface area contributed by atoms with E-state index in [0.29, 0.717) is 17.0 Å². The maximum Gasteiger partial charge on any atom is 0.277 e. The molecule has 2 amide bonds. The number of rotatable bonds is 4. The van der Waals surface area contributed by atoms with Crippen LogP contribution in [0.1, 0.15) is 20.8 Å². The van der Waals surface area contributed by atoms with E-state index in [0.717, 1.165) is 5.56 Å². The Labute approximate surface area is 155 Å². The van der Waals surface area contributed by atoms with Gasteiger partial charge in [0.05, 0.1) is 10.6 Å². The summed E-state index contributed by atoms with van der Waals surface area (Å²) < 4.78 is 5.22. The first-order valence-corrected chi connectivity index (χ1v) is 8.18. The molecule has 0 aliphatic rings. The Morgan fingerprint density at radius 3 is 2.46 bits per heavy atom. The van der Waals surface area contributed by atoms with E-state index in [1.54, 1.807) is 32.3 Å². The molecule has 0 radical (unpaired) electrons. The topological polar surface area (TPSA) is 75.4 Å². The lowest BCUT2D eigenvalue weighted by molar-refractivity contribution is 0.0827. The van der Waals surface area contributed by atoms with E-state index >= 15 is 0 Å². The van der Waals surface area contributed by atoms with Crippen molar-refractivity contribution in [3.8, 4) is 11.3 Å². The van der Waals surface area contributed by atoms with Gasteiger partial charge in [-0.25, -0.2) is 0 Å². The molecule has 0 atom stereocenters. The van der Waals surface area contributed by atoms with Crippen LogP contribution in [0.15, 0.2) is 59.1 Å². The van der Waals surface area contributed by atoms with Crippen LogP contribution in [0.4, 0.5) is 5.69 Å². The number of halogens is 1. The lowest BCUT2D eigenvalue weighted by Crippen LogP contribution is -2.22. The highest BCUT2D eigenvalue weighted by molar-refractivity contribution is 6.34. The van der Waals surface area contributed by atoms with Crippen LogP contribution in [0.2, 0.25) is 5.02 Å². The van der Waals surface area contributed by atoms with Gasteiger partial charge in [0, 0.05) is 31.4 Å². The minimum Gasteiger partial charge on any atom is -0.355 e. The summed E-state index contributed by atoms with van der Waals surface area (Å²) in [5.41, 5.74) is 1.80. The second-order valence-corrected chi connectivity index (χ2v) is 6.20. The van der Waals surface area contributed by atoms with Crippen LogP contribution in [-0.4, -0.2) is 36.0 Å². The van der Waals surface area contributed by atoms with Crippen molar-refractivity contribution in [2.75, 3.05) is 19.4 Å². The van der Waals surface area contributed by atoms with Crippen molar-refractivity contribution in [3.05, 3.63) is 70.9 Å². The number of nitrogens with one attached hydrogen (secondary N) is 1. The predicted octanol–water partition coefficient (Wildman–Crippen LogP) is 3.95. The zero-order valence-electron chi connectivity index (χ0n) is 14.2. The zero-order valence-corrected chi connectivity index (χ0v) is 14.9. The summed E-state index contributed by atoms with van der Waals surface area (Å²) in [6, 6.07) is 15.6. The van der Waals surface area contributed by atoms with Crippen LogP contribution in [0, 0.1) is 0 Å². The molecule has 26 heavy (non-hydrogen) atoms. The van der Waals surface area contributed by atoms with E-state index in [1.165, 1.54) is 11.0 Å². The first-order chi connectivity index (χ1) is 12.5. The van der Waals surface area contributed by atoms with Crippen LogP contribution in [0.25, 0.3) is 11.3 Å². The number of hydrogen-bond donors (Lipinski definition) is 1. The number of amides is 2. The average molecular weight is 370 g/mol. The number of hydrogen-bond acceptors (Lipinski definition) is 4. The van der Waals surface area contributed by atoms with Crippen molar-refractivity contribution >= 4 is 29.1 Å². The second-order valence-electron chi connectivity index (χ2n) is 5.79. The lowest BCUT2D eigenvalue weighted by atomic mass is 10.1. The van der Waals surface area contributed by atoms with Gasteiger partial charge in [0.25, 0.3) is 11.8 Å². The second kappa shape index (κ2) is 7.41. The molecule has 7 heteroatoms.